The molecular formula is C26H24FN7O2. The van der Waals surface area contributed by atoms with E-state index >= 15 is 0 Å². The molecule has 6 rings (SSSR count). The van der Waals surface area contributed by atoms with Crippen LogP contribution >= 0.6 is 0 Å². The van der Waals surface area contributed by atoms with Crippen LogP contribution in [-0.2, 0) is 7.05 Å². The molecule has 0 spiro atoms. The van der Waals surface area contributed by atoms with Crippen LogP contribution in [0, 0.1) is 12.7 Å². The molecule has 0 saturated carbocycles. The van der Waals surface area contributed by atoms with Crippen molar-refractivity contribution in [2.24, 2.45) is 7.05 Å². The second-order valence-electron chi connectivity index (χ2n) is 9.05. The Labute approximate surface area is 206 Å². The second kappa shape index (κ2) is 8.33. The van der Waals surface area contributed by atoms with Gasteiger partial charge in [-0.15, -0.1) is 0 Å². The van der Waals surface area contributed by atoms with Gasteiger partial charge in [-0.25, -0.2) is 18.9 Å². The summed E-state index contributed by atoms with van der Waals surface area (Å²) < 4.78 is 18.1. The van der Waals surface area contributed by atoms with Crippen LogP contribution in [0.4, 0.5) is 15.0 Å². The van der Waals surface area contributed by atoms with Gasteiger partial charge in [0, 0.05) is 55.8 Å². The molecule has 9 nitrogen and oxygen atoms in total. The number of piperazine rings is 1. The maximum absolute atomic E-state index is 14.5. The Morgan fingerprint density at radius 1 is 1.03 bits per heavy atom. The first-order chi connectivity index (χ1) is 17.4. The first-order valence-corrected chi connectivity index (χ1v) is 11.7. The zero-order chi connectivity index (χ0) is 25.0. The van der Waals surface area contributed by atoms with Crippen LogP contribution in [0.2, 0.25) is 0 Å². The van der Waals surface area contributed by atoms with Gasteiger partial charge in [0.05, 0.1) is 22.9 Å². The lowest BCUT2D eigenvalue weighted by Crippen LogP contribution is -2.48. The highest BCUT2D eigenvalue weighted by molar-refractivity contribution is 6.03. The van der Waals surface area contributed by atoms with Crippen LogP contribution in [0.15, 0.2) is 54.9 Å². The number of fused-ring (bicyclic) bond motifs is 2. The van der Waals surface area contributed by atoms with E-state index in [1.807, 2.05) is 55.2 Å². The summed E-state index contributed by atoms with van der Waals surface area (Å²) in [5, 5.41) is 20.3. The average Bonchev–Trinajstić information content (AvgIpc) is 3.44. The Bertz CT molecular complexity index is 1620. The van der Waals surface area contributed by atoms with E-state index in [1.54, 1.807) is 10.9 Å². The van der Waals surface area contributed by atoms with Crippen molar-refractivity contribution < 1.29 is 14.3 Å². The molecule has 1 amide bonds. The summed E-state index contributed by atoms with van der Waals surface area (Å²) in [4.78, 5) is 19.3. The molecule has 2 aromatic carbocycles. The predicted molar refractivity (Wildman–Crippen MR) is 135 cm³/mol. The van der Waals surface area contributed by atoms with Crippen LogP contribution < -0.4 is 4.90 Å². The molecule has 0 unspecified atom stereocenters. The molecule has 0 bridgehead atoms. The number of pyridine rings is 1. The van der Waals surface area contributed by atoms with Crippen molar-refractivity contribution in [2.75, 3.05) is 31.1 Å². The van der Waals surface area contributed by atoms with E-state index in [4.69, 9.17) is 5.10 Å². The van der Waals surface area contributed by atoms with Gasteiger partial charge in [0.25, 0.3) is 0 Å². The van der Waals surface area contributed by atoms with E-state index in [0.29, 0.717) is 31.9 Å². The minimum atomic E-state index is -0.895. The SMILES string of the molecule is Cc1cc(F)cc2c(-c3cccc4nn(C)cc34)nn(-c3ccc(N4CCN(C(=O)O)CC4)nc3)c12. The third kappa shape index (κ3) is 3.62. The van der Waals surface area contributed by atoms with Gasteiger partial charge in [-0.2, -0.15) is 10.2 Å². The van der Waals surface area contributed by atoms with Gasteiger partial charge in [0.15, 0.2) is 0 Å². The monoisotopic (exact) mass is 485 g/mol. The number of halogens is 1. The average molecular weight is 486 g/mol. The Kier molecular flexibility index (Phi) is 5.10. The molecule has 1 fully saturated rings. The van der Waals surface area contributed by atoms with Gasteiger partial charge < -0.3 is 14.9 Å². The van der Waals surface area contributed by atoms with Gasteiger partial charge in [0.2, 0.25) is 0 Å². The Hall–Kier alpha value is -4.47. The Morgan fingerprint density at radius 2 is 1.83 bits per heavy atom. The predicted octanol–water partition coefficient (Wildman–Crippen LogP) is 4.22. The van der Waals surface area contributed by atoms with Crippen molar-refractivity contribution >= 4 is 33.7 Å². The van der Waals surface area contributed by atoms with E-state index in [0.717, 1.165) is 44.4 Å². The van der Waals surface area contributed by atoms with Crippen molar-refractivity contribution in [3.63, 3.8) is 0 Å². The fourth-order valence-corrected chi connectivity index (χ4v) is 4.97. The van der Waals surface area contributed by atoms with Gasteiger partial charge in [-0.05, 0) is 42.8 Å². The fourth-order valence-electron chi connectivity index (χ4n) is 4.97. The van der Waals surface area contributed by atoms with E-state index in [-0.39, 0.29) is 5.82 Å². The van der Waals surface area contributed by atoms with Crippen molar-refractivity contribution in [1.82, 2.24) is 29.4 Å². The van der Waals surface area contributed by atoms with E-state index in [2.05, 4.69) is 15.0 Å². The number of carboxylic acid groups (broad SMARTS) is 1. The summed E-state index contributed by atoms with van der Waals surface area (Å²) >= 11 is 0. The van der Waals surface area contributed by atoms with Crippen molar-refractivity contribution in [3.8, 4) is 16.9 Å². The number of amides is 1. The molecule has 4 heterocycles. The number of benzene rings is 2. The molecule has 5 aromatic rings. The lowest BCUT2D eigenvalue weighted by molar-refractivity contribution is 0.142. The van der Waals surface area contributed by atoms with Crippen LogP contribution in [0.25, 0.3) is 38.8 Å². The summed E-state index contributed by atoms with van der Waals surface area (Å²) in [6.07, 6.45) is 2.80. The minimum Gasteiger partial charge on any atom is -0.465 e. The lowest BCUT2D eigenvalue weighted by atomic mass is 10.0. The summed E-state index contributed by atoms with van der Waals surface area (Å²) in [7, 11) is 1.87. The van der Waals surface area contributed by atoms with Gasteiger partial charge in [-0.1, -0.05) is 12.1 Å². The van der Waals surface area contributed by atoms with Crippen LogP contribution in [0.5, 0.6) is 0 Å². The first kappa shape index (κ1) is 22.0. The molecule has 10 heteroatoms. The number of anilines is 1. The number of hydrogen-bond acceptors (Lipinski definition) is 5. The molecule has 0 aliphatic carbocycles. The largest absolute Gasteiger partial charge is 0.465 e. The lowest BCUT2D eigenvalue weighted by Gasteiger charge is -2.33. The van der Waals surface area contributed by atoms with Crippen LogP contribution in [0.1, 0.15) is 5.56 Å². The molecule has 182 valence electrons. The normalized spacial score (nSPS) is 14.2. The summed E-state index contributed by atoms with van der Waals surface area (Å²) in [5.41, 5.74) is 4.76. The van der Waals surface area contributed by atoms with Crippen LogP contribution in [0.3, 0.4) is 0 Å². The quantitative estimate of drug-likeness (QED) is 0.411. The number of aromatic nitrogens is 5. The van der Waals surface area contributed by atoms with Gasteiger partial charge in [0.1, 0.15) is 17.3 Å². The first-order valence-electron chi connectivity index (χ1n) is 11.7. The fraction of sp³-hybridized carbons (Fsp3) is 0.231. The number of hydrogen-bond donors (Lipinski definition) is 1. The third-order valence-electron chi connectivity index (χ3n) is 6.70. The Morgan fingerprint density at radius 3 is 2.56 bits per heavy atom. The zero-order valence-electron chi connectivity index (χ0n) is 19.9. The molecule has 1 saturated heterocycles. The number of aryl methyl sites for hydroxylation is 2. The molecule has 1 N–H and O–H groups in total. The maximum atomic E-state index is 14.5. The molecule has 1 aliphatic rings. The standard InChI is InChI=1S/C26H24FN7O2/c1-16-12-17(27)13-20-24(19-4-3-5-22-21(19)15-31(2)29-22)30-34(25(16)20)18-6-7-23(28-14-18)32-8-10-33(11-9-32)26(35)36/h3-7,12-15H,8-11H2,1-2H3,(H,35,36). The highest BCUT2D eigenvalue weighted by atomic mass is 19.1. The second-order valence-corrected chi connectivity index (χ2v) is 9.05. The zero-order valence-corrected chi connectivity index (χ0v) is 19.9. The number of nitrogens with zero attached hydrogens (tertiary/aromatic N) is 7. The van der Waals surface area contributed by atoms with Crippen LogP contribution in [-0.4, -0.2) is 66.8 Å². The number of rotatable bonds is 3. The molecule has 0 atom stereocenters. The van der Waals surface area contributed by atoms with E-state index in [1.165, 1.54) is 17.0 Å². The minimum absolute atomic E-state index is 0.312. The Balaban J connectivity index is 1.43. The smallest absolute Gasteiger partial charge is 0.407 e. The van der Waals surface area contributed by atoms with Crippen molar-refractivity contribution in [1.29, 1.82) is 0 Å². The highest BCUT2D eigenvalue weighted by Gasteiger charge is 2.22. The highest BCUT2D eigenvalue weighted by Crippen LogP contribution is 2.36. The van der Waals surface area contributed by atoms with E-state index in [9.17, 15) is 14.3 Å². The third-order valence-corrected chi connectivity index (χ3v) is 6.70. The summed E-state index contributed by atoms with van der Waals surface area (Å²) in [6, 6.07) is 12.8. The van der Waals surface area contributed by atoms with Gasteiger partial charge >= 0.3 is 6.09 Å². The van der Waals surface area contributed by atoms with Crippen molar-refractivity contribution in [3.05, 3.63) is 66.2 Å². The van der Waals surface area contributed by atoms with Gasteiger partial charge in [-0.3, -0.25) is 4.68 Å². The molecule has 0 radical (unpaired) electrons. The molecule has 1 aliphatic heterocycles. The summed E-state index contributed by atoms with van der Waals surface area (Å²) in [6.45, 7) is 3.93. The summed E-state index contributed by atoms with van der Waals surface area (Å²) in [5.74, 6) is 0.469. The maximum Gasteiger partial charge on any atom is 0.407 e. The molecule has 36 heavy (non-hydrogen) atoms. The molecular weight excluding hydrogens is 461 g/mol. The van der Waals surface area contributed by atoms with E-state index < -0.39 is 6.09 Å². The topological polar surface area (TPSA) is 92.3 Å². The van der Waals surface area contributed by atoms with Crippen molar-refractivity contribution in [2.45, 2.75) is 6.92 Å². The number of carbonyl (C=O) groups is 1. The molecule has 3 aromatic heterocycles.